The Morgan fingerprint density at radius 3 is 1.63 bits per heavy atom. The number of imidazole rings is 2. The summed E-state index contributed by atoms with van der Waals surface area (Å²) in [6.07, 6.45) is 10.8. The van der Waals surface area contributed by atoms with Crippen LogP contribution in [0.3, 0.4) is 0 Å². The van der Waals surface area contributed by atoms with E-state index in [0.717, 1.165) is 23.0 Å². The van der Waals surface area contributed by atoms with Crippen molar-refractivity contribution >= 4 is 0 Å². The zero-order chi connectivity index (χ0) is 18.5. The summed E-state index contributed by atoms with van der Waals surface area (Å²) in [5.41, 5.74) is 1.33. The van der Waals surface area contributed by atoms with Crippen LogP contribution in [0.5, 0.6) is 0 Å². The summed E-state index contributed by atoms with van der Waals surface area (Å²) < 4.78 is 0. The minimum absolute atomic E-state index is 0.609. The van der Waals surface area contributed by atoms with Gasteiger partial charge in [0.1, 0.15) is 17.2 Å². The Labute approximate surface area is 157 Å². The molecule has 4 rings (SSSR count). The highest BCUT2D eigenvalue weighted by Crippen LogP contribution is 2.33. The average molecular weight is 359 g/mol. The molecule has 0 spiro atoms. The van der Waals surface area contributed by atoms with E-state index in [1.807, 2.05) is 61.2 Å². The van der Waals surface area contributed by atoms with Gasteiger partial charge in [0.15, 0.2) is 0 Å². The molecule has 27 heavy (non-hydrogen) atoms. The van der Waals surface area contributed by atoms with Crippen molar-refractivity contribution in [2.24, 2.45) is 0 Å². The average Bonchev–Trinajstić information content (AvgIpc) is 3.43. The first-order valence-corrected chi connectivity index (χ1v) is 8.81. The van der Waals surface area contributed by atoms with Gasteiger partial charge in [-0.25, -0.2) is 9.97 Å². The van der Waals surface area contributed by atoms with Crippen molar-refractivity contribution in [2.45, 2.75) is 25.6 Å². The van der Waals surface area contributed by atoms with Gasteiger partial charge in [0.05, 0.1) is 11.4 Å². The molecule has 0 radical (unpaired) electrons. The van der Waals surface area contributed by atoms with E-state index in [9.17, 15) is 0 Å². The van der Waals surface area contributed by atoms with Crippen molar-refractivity contribution in [1.82, 2.24) is 34.8 Å². The van der Waals surface area contributed by atoms with Crippen molar-refractivity contribution in [2.75, 3.05) is 0 Å². The fraction of sp³-hybridized carbons (Fsp3) is 0.200. The zero-order valence-corrected chi connectivity index (χ0v) is 15.1. The number of H-pyrrole nitrogens is 2. The van der Waals surface area contributed by atoms with E-state index in [0.29, 0.717) is 13.1 Å². The number of rotatable bonds is 7. The first kappa shape index (κ1) is 17.1. The second-order valence-corrected chi connectivity index (χ2v) is 6.45. The van der Waals surface area contributed by atoms with Gasteiger partial charge in [-0.05, 0) is 31.2 Å². The minimum atomic E-state index is -0.609. The van der Waals surface area contributed by atoms with E-state index < -0.39 is 5.54 Å². The van der Waals surface area contributed by atoms with Gasteiger partial charge in [-0.15, -0.1) is 0 Å². The quantitative estimate of drug-likeness (QED) is 0.530. The van der Waals surface area contributed by atoms with Gasteiger partial charge in [0.25, 0.3) is 0 Å². The van der Waals surface area contributed by atoms with Crippen LogP contribution in [0.15, 0.2) is 73.6 Å². The smallest absolute Gasteiger partial charge is 0.136 e. The van der Waals surface area contributed by atoms with Crippen LogP contribution < -0.4 is 0 Å². The standard InChI is InChI=1S/C20H21N7/c1-20(18-23-10-11-24-18,19-25-12-13-26-19)27(14-16-6-2-4-8-21-16)15-17-7-3-5-9-22-17/h2-13H,14-15H2,1H3,(H,23,24)(H,25,26). The molecule has 0 fully saturated rings. The molecule has 2 N–H and O–H groups in total. The van der Waals surface area contributed by atoms with E-state index in [2.05, 4.69) is 41.7 Å². The highest BCUT2D eigenvalue weighted by Gasteiger charge is 2.40. The molecule has 0 atom stereocenters. The third-order valence-corrected chi connectivity index (χ3v) is 4.71. The summed E-state index contributed by atoms with van der Waals surface area (Å²) in [5, 5.41) is 0. The summed E-state index contributed by atoms with van der Waals surface area (Å²) in [6, 6.07) is 11.9. The van der Waals surface area contributed by atoms with Crippen LogP contribution >= 0.6 is 0 Å². The van der Waals surface area contributed by atoms with Gasteiger partial charge in [-0.2, -0.15) is 0 Å². The van der Waals surface area contributed by atoms with Crippen LogP contribution in [0.25, 0.3) is 0 Å². The number of nitrogens with zero attached hydrogens (tertiary/aromatic N) is 5. The highest BCUT2D eigenvalue weighted by molar-refractivity contribution is 5.21. The number of aromatic nitrogens is 6. The maximum Gasteiger partial charge on any atom is 0.136 e. The van der Waals surface area contributed by atoms with Crippen LogP contribution in [0.1, 0.15) is 30.0 Å². The third-order valence-electron chi connectivity index (χ3n) is 4.71. The molecule has 7 heteroatoms. The van der Waals surface area contributed by atoms with Crippen molar-refractivity contribution in [3.63, 3.8) is 0 Å². The van der Waals surface area contributed by atoms with Crippen molar-refractivity contribution in [1.29, 1.82) is 0 Å². The van der Waals surface area contributed by atoms with Crippen LogP contribution in [0.2, 0.25) is 0 Å². The fourth-order valence-electron chi connectivity index (χ4n) is 3.22. The van der Waals surface area contributed by atoms with Crippen LogP contribution in [-0.4, -0.2) is 34.8 Å². The molecule has 0 amide bonds. The Morgan fingerprint density at radius 1 is 0.741 bits per heavy atom. The van der Waals surface area contributed by atoms with E-state index >= 15 is 0 Å². The van der Waals surface area contributed by atoms with Gasteiger partial charge in [-0.3, -0.25) is 14.9 Å². The van der Waals surface area contributed by atoms with Gasteiger partial charge in [-0.1, -0.05) is 12.1 Å². The summed E-state index contributed by atoms with van der Waals surface area (Å²) in [4.78, 5) is 26.9. The minimum Gasteiger partial charge on any atom is -0.347 e. The molecule has 0 unspecified atom stereocenters. The second-order valence-electron chi connectivity index (χ2n) is 6.45. The Bertz CT molecular complexity index is 859. The van der Waals surface area contributed by atoms with Crippen LogP contribution in [0.4, 0.5) is 0 Å². The highest BCUT2D eigenvalue weighted by atomic mass is 15.3. The molecule has 0 saturated carbocycles. The van der Waals surface area contributed by atoms with Gasteiger partial charge in [0.2, 0.25) is 0 Å². The number of hydrogen-bond donors (Lipinski definition) is 2. The molecule has 4 heterocycles. The van der Waals surface area contributed by atoms with Gasteiger partial charge >= 0.3 is 0 Å². The lowest BCUT2D eigenvalue weighted by atomic mass is 9.96. The van der Waals surface area contributed by atoms with Crippen molar-refractivity contribution < 1.29 is 0 Å². The van der Waals surface area contributed by atoms with E-state index in [4.69, 9.17) is 0 Å². The van der Waals surface area contributed by atoms with E-state index in [-0.39, 0.29) is 0 Å². The SMILES string of the molecule is CC(c1ncc[nH]1)(c1ncc[nH]1)N(Cc1ccccn1)Cc1ccccn1. The van der Waals surface area contributed by atoms with Crippen LogP contribution in [-0.2, 0) is 18.6 Å². The third kappa shape index (κ3) is 3.50. The maximum absolute atomic E-state index is 4.55. The van der Waals surface area contributed by atoms with E-state index in [1.165, 1.54) is 0 Å². The molecule has 0 aliphatic carbocycles. The monoisotopic (exact) mass is 359 g/mol. The normalized spacial score (nSPS) is 11.8. The number of aromatic amines is 2. The largest absolute Gasteiger partial charge is 0.347 e. The molecule has 0 saturated heterocycles. The molecule has 136 valence electrons. The van der Waals surface area contributed by atoms with Crippen LogP contribution in [0, 0.1) is 0 Å². The lowest BCUT2D eigenvalue weighted by molar-refractivity contribution is 0.102. The Balaban J connectivity index is 1.79. The molecule has 0 aromatic carbocycles. The van der Waals surface area contributed by atoms with E-state index in [1.54, 1.807) is 12.4 Å². The first-order chi connectivity index (χ1) is 13.3. The topological polar surface area (TPSA) is 86.4 Å². The lowest BCUT2D eigenvalue weighted by Crippen LogP contribution is -2.46. The Kier molecular flexibility index (Phi) is 4.76. The molecular weight excluding hydrogens is 338 g/mol. The summed E-state index contributed by atoms with van der Waals surface area (Å²) in [6.45, 7) is 3.35. The van der Waals surface area contributed by atoms with Gasteiger partial charge < -0.3 is 9.97 Å². The predicted molar refractivity (Wildman–Crippen MR) is 101 cm³/mol. The predicted octanol–water partition coefficient (Wildman–Crippen LogP) is 2.89. The molecule has 0 bridgehead atoms. The zero-order valence-electron chi connectivity index (χ0n) is 15.1. The lowest BCUT2D eigenvalue weighted by Gasteiger charge is -2.38. The Hall–Kier alpha value is -3.32. The number of nitrogens with one attached hydrogen (secondary N) is 2. The maximum atomic E-state index is 4.55. The first-order valence-electron chi connectivity index (χ1n) is 8.81. The molecule has 0 aliphatic rings. The second kappa shape index (κ2) is 7.51. The molecule has 7 nitrogen and oxygen atoms in total. The number of hydrogen-bond acceptors (Lipinski definition) is 5. The molecule has 0 aliphatic heterocycles. The Morgan fingerprint density at radius 2 is 1.26 bits per heavy atom. The number of pyridine rings is 2. The molecule has 4 aromatic heterocycles. The van der Waals surface area contributed by atoms with Gasteiger partial charge in [0, 0.05) is 50.3 Å². The summed E-state index contributed by atoms with van der Waals surface area (Å²) in [7, 11) is 0. The summed E-state index contributed by atoms with van der Waals surface area (Å²) in [5.74, 6) is 1.62. The molecule has 4 aromatic rings. The van der Waals surface area contributed by atoms with Crippen molar-refractivity contribution in [3.05, 3.63) is 96.6 Å². The summed E-state index contributed by atoms with van der Waals surface area (Å²) >= 11 is 0. The fourth-order valence-corrected chi connectivity index (χ4v) is 3.22. The molecular formula is C20H21N7. The van der Waals surface area contributed by atoms with Crippen molar-refractivity contribution in [3.8, 4) is 0 Å².